The van der Waals surface area contributed by atoms with Crippen molar-refractivity contribution in [1.29, 1.82) is 0 Å². The molecule has 82 valence electrons. The molecule has 0 saturated carbocycles. The third kappa shape index (κ3) is 2.08. The van der Waals surface area contributed by atoms with Gasteiger partial charge in [0.1, 0.15) is 5.75 Å². The Bertz CT molecular complexity index is 517. The number of halogens is 2. The van der Waals surface area contributed by atoms with Gasteiger partial charge in [0.25, 0.3) is 0 Å². The van der Waals surface area contributed by atoms with Crippen LogP contribution >= 0.6 is 0 Å². The highest BCUT2D eigenvalue weighted by Gasteiger charge is 2.06. The zero-order valence-corrected chi connectivity index (χ0v) is 8.15. The minimum absolute atomic E-state index is 0.165. The highest BCUT2D eigenvalue weighted by molar-refractivity contribution is 5.47. The fourth-order valence-corrected chi connectivity index (χ4v) is 1.16. The molecule has 1 aromatic carbocycles. The van der Waals surface area contributed by atoms with Crippen molar-refractivity contribution in [3.05, 3.63) is 48.2 Å². The maximum absolute atomic E-state index is 12.9. The van der Waals surface area contributed by atoms with Crippen molar-refractivity contribution in [2.24, 2.45) is 0 Å². The Labute approximate surface area is 90.5 Å². The molecule has 0 bridgehead atoms. The van der Waals surface area contributed by atoms with Crippen LogP contribution in [0.5, 0.6) is 11.5 Å². The molecule has 0 aliphatic rings. The van der Waals surface area contributed by atoms with Gasteiger partial charge in [0.2, 0.25) is 0 Å². The van der Waals surface area contributed by atoms with Gasteiger partial charge in [-0.1, -0.05) is 0 Å². The SMILES string of the molecule is Nc1ncccc1Oc1ccc(F)c(F)c1. The number of hydrogen-bond acceptors (Lipinski definition) is 3. The zero-order chi connectivity index (χ0) is 11.5. The Morgan fingerprint density at radius 1 is 1.12 bits per heavy atom. The van der Waals surface area contributed by atoms with Crippen molar-refractivity contribution < 1.29 is 13.5 Å². The van der Waals surface area contributed by atoms with Gasteiger partial charge in [-0.05, 0) is 24.3 Å². The molecule has 0 atom stereocenters. The van der Waals surface area contributed by atoms with Gasteiger partial charge in [-0.25, -0.2) is 13.8 Å². The van der Waals surface area contributed by atoms with Gasteiger partial charge in [0.15, 0.2) is 23.2 Å². The lowest BCUT2D eigenvalue weighted by Crippen LogP contribution is -1.95. The molecule has 1 aromatic heterocycles. The Balaban J connectivity index is 2.28. The zero-order valence-electron chi connectivity index (χ0n) is 8.15. The van der Waals surface area contributed by atoms with Gasteiger partial charge in [-0.2, -0.15) is 0 Å². The van der Waals surface area contributed by atoms with Gasteiger partial charge >= 0.3 is 0 Å². The van der Waals surface area contributed by atoms with Crippen molar-refractivity contribution in [3.63, 3.8) is 0 Å². The summed E-state index contributed by atoms with van der Waals surface area (Å²) in [5, 5.41) is 0. The van der Waals surface area contributed by atoms with E-state index in [0.717, 1.165) is 12.1 Å². The maximum atomic E-state index is 12.9. The number of anilines is 1. The second kappa shape index (κ2) is 4.14. The molecule has 0 radical (unpaired) electrons. The average Bonchev–Trinajstić information content (AvgIpc) is 2.27. The summed E-state index contributed by atoms with van der Waals surface area (Å²) in [6.45, 7) is 0. The first kappa shape index (κ1) is 10.4. The minimum atomic E-state index is -0.972. The number of hydrogen-bond donors (Lipinski definition) is 1. The van der Waals surface area contributed by atoms with Gasteiger partial charge in [0.05, 0.1) is 0 Å². The lowest BCUT2D eigenvalue weighted by Gasteiger charge is -2.07. The Hall–Kier alpha value is -2.17. The lowest BCUT2D eigenvalue weighted by atomic mass is 10.3. The highest BCUT2D eigenvalue weighted by Crippen LogP contribution is 2.26. The molecule has 0 spiro atoms. The van der Waals surface area contributed by atoms with E-state index in [9.17, 15) is 8.78 Å². The number of ether oxygens (including phenoxy) is 1. The molecule has 5 heteroatoms. The van der Waals surface area contributed by atoms with Crippen molar-refractivity contribution in [3.8, 4) is 11.5 Å². The van der Waals surface area contributed by atoms with Crippen LogP contribution in [0, 0.1) is 11.6 Å². The Kier molecular flexibility index (Phi) is 2.68. The molecule has 2 rings (SSSR count). The molecule has 0 aliphatic carbocycles. The quantitative estimate of drug-likeness (QED) is 0.849. The molecule has 1 heterocycles. The van der Waals surface area contributed by atoms with Gasteiger partial charge in [-0.3, -0.25) is 0 Å². The summed E-state index contributed by atoms with van der Waals surface area (Å²) in [7, 11) is 0. The predicted molar refractivity (Wildman–Crippen MR) is 55.1 cm³/mol. The van der Waals surface area contributed by atoms with Gasteiger partial charge < -0.3 is 10.5 Å². The van der Waals surface area contributed by atoms with Crippen LogP contribution < -0.4 is 10.5 Å². The van der Waals surface area contributed by atoms with Crippen molar-refractivity contribution >= 4 is 5.82 Å². The van der Waals surface area contributed by atoms with E-state index in [0.29, 0.717) is 5.75 Å². The lowest BCUT2D eigenvalue weighted by molar-refractivity contribution is 0.462. The van der Waals surface area contributed by atoms with Crippen LogP contribution in [0.25, 0.3) is 0 Å². The minimum Gasteiger partial charge on any atom is -0.453 e. The van der Waals surface area contributed by atoms with Crippen LogP contribution in [0.4, 0.5) is 14.6 Å². The maximum Gasteiger partial charge on any atom is 0.169 e. The van der Waals surface area contributed by atoms with E-state index < -0.39 is 11.6 Å². The number of rotatable bonds is 2. The first-order valence-electron chi connectivity index (χ1n) is 4.50. The largest absolute Gasteiger partial charge is 0.453 e. The van der Waals surface area contributed by atoms with Gasteiger partial charge in [-0.15, -0.1) is 0 Å². The van der Waals surface area contributed by atoms with Gasteiger partial charge in [0, 0.05) is 12.3 Å². The van der Waals surface area contributed by atoms with Crippen molar-refractivity contribution in [2.75, 3.05) is 5.73 Å². The van der Waals surface area contributed by atoms with E-state index >= 15 is 0 Å². The van der Waals surface area contributed by atoms with Crippen LogP contribution in [0.3, 0.4) is 0 Å². The van der Waals surface area contributed by atoms with E-state index in [2.05, 4.69) is 4.98 Å². The molecular weight excluding hydrogens is 214 g/mol. The number of benzene rings is 1. The number of nitrogen functional groups attached to an aromatic ring is 1. The monoisotopic (exact) mass is 222 g/mol. The summed E-state index contributed by atoms with van der Waals surface area (Å²) in [5.74, 6) is -1.24. The second-order valence-corrected chi connectivity index (χ2v) is 3.06. The number of nitrogens with zero attached hydrogens (tertiary/aromatic N) is 1. The van der Waals surface area contributed by atoms with E-state index in [1.807, 2.05) is 0 Å². The summed E-state index contributed by atoms with van der Waals surface area (Å²) < 4.78 is 30.8. The van der Waals surface area contributed by atoms with Crippen LogP contribution in [0.2, 0.25) is 0 Å². The van der Waals surface area contributed by atoms with Crippen LogP contribution in [0.15, 0.2) is 36.5 Å². The topological polar surface area (TPSA) is 48.1 Å². The molecule has 0 saturated heterocycles. The highest BCUT2D eigenvalue weighted by atomic mass is 19.2. The third-order valence-electron chi connectivity index (χ3n) is 1.92. The molecule has 0 amide bonds. The van der Waals surface area contributed by atoms with Crippen LogP contribution in [-0.2, 0) is 0 Å². The normalized spacial score (nSPS) is 10.1. The Morgan fingerprint density at radius 2 is 1.94 bits per heavy atom. The van der Waals surface area contributed by atoms with E-state index in [1.165, 1.54) is 12.3 Å². The molecule has 2 N–H and O–H groups in total. The molecule has 0 unspecified atom stereocenters. The summed E-state index contributed by atoms with van der Waals surface area (Å²) in [4.78, 5) is 3.80. The summed E-state index contributed by atoms with van der Waals surface area (Å²) in [5.41, 5.74) is 5.53. The first-order valence-corrected chi connectivity index (χ1v) is 4.50. The van der Waals surface area contributed by atoms with Crippen molar-refractivity contribution in [2.45, 2.75) is 0 Å². The number of aromatic nitrogens is 1. The number of pyridine rings is 1. The molecule has 2 aromatic rings. The predicted octanol–water partition coefficient (Wildman–Crippen LogP) is 2.73. The molecule has 0 fully saturated rings. The summed E-state index contributed by atoms with van der Waals surface area (Å²) in [6, 6.07) is 6.46. The van der Waals surface area contributed by atoms with E-state index in [-0.39, 0.29) is 11.6 Å². The van der Waals surface area contributed by atoms with E-state index in [1.54, 1.807) is 12.1 Å². The fraction of sp³-hybridized carbons (Fsp3) is 0. The van der Waals surface area contributed by atoms with E-state index in [4.69, 9.17) is 10.5 Å². The van der Waals surface area contributed by atoms with Crippen LogP contribution in [0.1, 0.15) is 0 Å². The molecule has 0 aliphatic heterocycles. The standard InChI is InChI=1S/C11H8F2N2O/c12-8-4-3-7(6-9(8)13)16-10-2-1-5-15-11(10)14/h1-6H,(H2,14,15). The summed E-state index contributed by atoms with van der Waals surface area (Å²) in [6.07, 6.45) is 1.51. The second-order valence-electron chi connectivity index (χ2n) is 3.06. The fourth-order valence-electron chi connectivity index (χ4n) is 1.16. The summed E-state index contributed by atoms with van der Waals surface area (Å²) >= 11 is 0. The number of nitrogens with two attached hydrogens (primary N) is 1. The average molecular weight is 222 g/mol. The smallest absolute Gasteiger partial charge is 0.169 e. The van der Waals surface area contributed by atoms with Crippen molar-refractivity contribution in [1.82, 2.24) is 4.98 Å². The Morgan fingerprint density at radius 3 is 2.62 bits per heavy atom. The van der Waals surface area contributed by atoms with Crippen LogP contribution in [-0.4, -0.2) is 4.98 Å². The molecule has 16 heavy (non-hydrogen) atoms. The molecule has 3 nitrogen and oxygen atoms in total. The first-order chi connectivity index (χ1) is 7.66. The third-order valence-corrected chi connectivity index (χ3v) is 1.92. The molecular formula is C11H8F2N2O.